The van der Waals surface area contributed by atoms with Crippen molar-refractivity contribution in [3.05, 3.63) is 60.2 Å². The number of hydrogen-bond acceptors (Lipinski definition) is 5. The first-order valence-corrected chi connectivity index (χ1v) is 11.3. The molecule has 25 heavy (non-hydrogen) atoms. The molecule has 0 heterocycles. The molecule has 0 bridgehead atoms. The van der Waals surface area contributed by atoms with E-state index in [9.17, 15) is 9.36 Å². The third-order valence-corrected chi connectivity index (χ3v) is 7.06. The third kappa shape index (κ3) is 5.92. The number of nitrogens with one attached hydrogen (secondary N) is 1. The second-order valence-corrected chi connectivity index (χ2v) is 9.22. The third-order valence-electron chi connectivity index (χ3n) is 3.12. The molecule has 0 spiro atoms. The maximum absolute atomic E-state index is 12.9. The van der Waals surface area contributed by atoms with Gasteiger partial charge in [0.15, 0.2) is 5.75 Å². The summed E-state index contributed by atoms with van der Waals surface area (Å²) < 4.78 is 23.9. The molecule has 1 amide bonds. The highest BCUT2D eigenvalue weighted by atomic mass is 32.7. The summed E-state index contributed by atoms with van der Waals surface area (Å²) in [4.78, 5) is 12.4. The highest BCUT2D eigenvalue weighted by Gasteiger charge is 2.27. The Kier molecular flexibility index (Phi) is 7.56. The maximum atomic E-state index is 12.9. The lowest BCUT2D eigenvalue weighted by Crippen LogP contribution is -2.12. The van der Waals surface area contributed by atoms with E-state index >= 15 is 0 Å². The van der Waals surface area contributed by atoms with Gasteiger partial charge in [0.05, 0.1) is 12.3 Å². The van der Waals surface area contributed by atoms with Gasteiger partial charge in [-0.15, -0.1) is 0 Å². The molecule has 0 aliphatic carbocycles. The summed E-state index contributed by atoms with van der Waals surface area (Å²) in [5.41, 5.74) is 0.985. The molecule has 5 nitrogen and oxygen atoms in total. The average molecular weight is 379 g/mol. The molecule has 0 saturated carbocycles. The van der Waals surface area contributed by atoms with E-state index in [1.54, 1.807) is 55.5 Å². The predicted molar refractivity (Wildman–Crippen MR) is 103 cm³/mol. The van der Waals surface area contributed by atoms with Crippen LogP contribution >= 0.6 is 18.2 Å². The SMILES string of the molecule is CCCSP(=O)(OCC)Oc1ccccc1NC(=O)c1ccccc1. The van der Waals surface area contributed by atoms with Gasteiger partial charge < -0.3 is 9.84 Å². The summed E-state index contributed by atoms with van der Waals surface area (Å²) in [6.07, 6.45) is 0.859. The first-order valence-electron chi connectivity index (χ1n) is 8.12. The molecular weight excluding hydrogens is 357 g/mol. The summed E-state index contributed by atoms with van der Waals surface area (Å²) in [6, 6.07) is 15.8. The fourth-order valence-corrected chi connectivity index (χ4v) is 5.47. The van der Waals surface area contributed by atoms with E-state index in [2.05, 4.69) is 5.32 Å². The molecule has 1 unspecified atom stereocenters. The van der Waals surface area contributed by atoms with E-state index in [0.717, 1.165) is 6.42 Å². The molecule has 0 saturated heterocycles. The highest BCUT2D eigenvalue weighted by molar-refractivity contribution is 8.55. The van der Waals surface area contributed by atoms with Crippen molar-refractivity contribution in [2.24, 2.45) is 0 Å². The number of hydrogen-bond donors (Lipinski definition) is 1. The molecule has 0 radical (unpaired) electrons. The highest BCUT2D eigenvalue weighted by Crippen LogP contribution is 2.60. The zero-order valence-corrected chi connectivity index (χ0v) is 16.0. The van der Waals surface area contributed by atoms with Crippen molar-refractivity contribution in [3.63, 3.8) is 0 Å². The van der Waals surface area contributed by atoms with Gasteiger partial charge in [-0.3, -0.25) is 9.32 Å². The molecule has 0 aliphatic heterocycles. The van der Waals surface area contributed by atoms with Gasteiger partial charge in [-0.1, -0.05) is 37.3 Å². The van der Waals surface area contributed by atoms with Crippen LogP contribution in [0.2, 0.25) is 0 Å². The molecule has 2 aromatic rings. The van der Waals surface area contributed by atoms with Crippen LogP contribution in [0.1, 0.15) is 30.6 Å². The van der Waals surface area contributed by atoms with Crippen molar-refractivity contribution < 1.29 is 18.4 Å². The summed E-state index contributed by atoms with van der Waals surface area (Å²) in [6.45, 7) is 0.716. The van der Waals surface area contributed by atoms with Gasteiger partial charge in [0, 0.05) is 11.3 Å². The Balaban J connectivity index is 2.19. The minimum absolute atomic E-state index is 0.260. The Labute approximate surface area is 152 Å². The van der Waals surface area contributed by atoms with Gasteiger partial charge in [0.1, 0.15) is 0 Å². The fourth-order valence-electron chi connectivity index (χ4n) is 2.01. The van der Waals surface area contributed by atoms with Crippen LogP contribution in [-0.2, 0) is 9.09 Å². The normalized spacial score (nSPS) is 13.0. The van der Waals surface area contributed by atoms with Crippen LogP contribution in [0.15, 0.2) is 54.6 Å². The number of carbonyl (C=O) groups excluding carboxylic acids is 1. The molecule has 1 atom stereocenters. The van der Waals surface area contributed by atoms with Crippen molar-refractivity contribution in [3.8, 4) is 5.75 Å². The van der Waals surface area contributed by atoms with Crippen LogP contribution in [-0.4, -0.2) is 18.3 Å². The van der Waals surface area contributed by atoms with E-state index in [1.807, 2.05) is 13.0 Å². The lowest BCUT2D eigenvalue weighted by molar-refractivity contribution is 0.102. The van der Waals surface area contributed by atoms with E-state index in [1.165, 1.54) is 11.4 Å². The maximum Gasteiger partial charge on any atom is 0.440 e. The van der Waals surface area contributed by atoms with Crippen LogP contribution in [0.4, 0.5) is 5.69 Å². The summed E-state index contributed by atoms with van der Waals surface area (Å²) in [5.74, 6) is 0.729. The fraction of sp³-hybridized carbons (Fsp3) is 0.278. The Bertz CT molecular complexity index is 739. The molecule has 0 aromatic heterocycles. The number of carbonyl (C=O) groups is 1. The van der Waals surface area contributed by atoms with Gasteiger partial charge in [-0.25, -0.2) is 4.57 Å². The van der Waals surface area contributed by atoms with Crippen molar-refractivity contribution >= 4 is 29.8 Å². The summed E-state index contributed by atoms with van der Waals surface area (Å²) >= 11 is 1.17. The number of rotatable bonds is 9. The first kappa shape index (κ1) is 19.6. The van der Waals surface area contributed by atoms with Gasteiger partial charge >= 0.3 is 6.80 Å². The smallest absolute Gasteiger partial charge is 0.415 e. The molecule has 7 heteroatoms. The molecular formula is C18H22NO4PS. The number of anilines is 1. The number of amides is 1. The van der Waals surface area contributed by atoms with Gasteiger partial charge in [0.25, 0.3) is 5.91 Å². The van der Waals surface area contributed by atoms with Gasteiger partial charge in [-0.2, -0.15) is 0 Å². The van der Waals surface area contributed by atoms with Crippen molar-refractivity contribution in [2.45, 2.75) is 20.3 Å². The largest absolute Gasteiger partial charge is 0.440 e. The van der Waals surface area contributed by atoms with Crippen molar-refractivity contribution in [1.29, 1.82) is 0 Å². The van der Waals surface area contributed by atoms with Crippen molar-refractivity contribution in [2.75, 3.05) is 17.7 Å². The summed E-state index contributed by atoms with van der Waals surface area (Å²) in [7, 11) is 0. The van der Waals surface area contributed by atoms with Crippen LogP contribution < -0.4 is 9.84 Å². The second-order valence-electron chi connectivity index (χ2n) is 5.11. The monoisotopic (exact) mass is 379 g/mol. The Morgan fingerprint density at radius 1 is 1.08 bits per heavy atom. The molecule has 134 valence electrons. The Morgan fingerprint density at radius 3 is 2.44 bits per heavy atom. The van der Waals surface area contributed by atoms with Gasteiger partial charge in [-0.05, 0) is 49.0 Å². The molecule has 1 N–H and O–H groups in total. The molecule has 0 fully saturated rings. The van der Waals surface area contributed by atoms with E-state index in [-0.39, 0.29) is 12.5 Å². The average Bonchev–Trinajstić information content (AvgIpc) is 2.62. The molecule has 0 aliphatic rings. The van der Waals surface area contributed by atoms with Crippen molar-refractivity contribution in [1.82, 2.24) is 0 Å². The first-order chi connectivity index (χ1) is 12.1. The van der Waals surface area contributed by atoms with Crippen LogP contribution in [0.5, 0.6) is 5.75 Å². The van der Waals surface area contributed by atoms with E-state index in [4.69, 9.17) is 9.05 Å². The van der Waals surface area contributed by atoms with E-state index < -0.39 is 6.80 Å². The molecule has 2 aromatic carbocycles. The number of para-hydroxylation sites is 2. The number of benzene rings is 2. The zero-order valence-electron chi connectivity index (χ0n) is 14.3. The topological polar surface area (TPSA) is 64.6 Å². The van der Waals surface area contributed by atoms with E-state index in [0.29, 0.717) is 22.8 Å². The quantitative estimate of drug-likeness (QED) is 0.574. The molecule has 2 rings (SSSR count). The Hall–Kier alpha value is -1.75. The van der Waals surface area contributed by atoms with Gasteiger partial charge in [0.2, 0.25) is 0 Å². The summed E-state index contributed by atoms with van der Waals surface area (Å²) in [5, 5.41) is 2.80. The van der Waals surface area contributed by atoms with Crippen LogP contribution in [0, 0.1) is 0 Å². The minimum atomic E-state index is -3.33. The lowest BCUT2D eigenvalue weighted by Gasteiger charge is -2.19. The van der Waals surface area contributed by atoms with Crippen LogP contribution in [0.25, 0.3) is 0 Å². The second kappa shape index (κ2) is 9.66. The lowest BCUT2D eigenvalue weighted by atomic mass is 10.2. The van der Waals surface area contributed by atoms with Crippen LogP contribution in [0.3, 0.4) is 0 Å². The predicted octanol–water partition coefficient (Wildman–Crippen LogP) is 5.61. The zero-order chi connectivity index (χ0) is 18.1. The Morgan fingerprint density at radius 2 is 1.76 bits per heavy atom. The standard InChI is InChI=1S/C18H22NO4PS/c1-3-14-25-24(21,22-4-2)23-17-13-9-8-12-16(17)19-18(20)15-10-6-5-7-11-15/h5-13H,3-4,14H2,1-2H3,(H,19,20). The minimum Gasteiger partial charge on any atom is -0.415 e.